The molecule has 1 heterocycles. The summed E-state index contributed by atoms with van der Waals surface area (Å²) in [6.45, 7) is 5.87. The largest absolute Gasteiger partial charge is 0.491 e. The molecule has 0 aliphatic rings. The van der Waals surface area contributed by atoms with Gasteiger partial charge in [-0.25, -0.2) is 8.42 Å². The standard InChI is InChI=1S/C31H35N3O7S/c1-20(2)28(31(36)37)34(42(38,39)24-16-14-23(15-17-24)22-10-7-6-8-11-22)32-30(35)29-21(3)27-25(40-19-18-33(4)5)12-9-13-26(27)41-29/h6-17,20,28H,18-19H2,1-5H3,(H,32,35)(H,36,37). The van der Waals surface area contributed by atoms with Gasteiger partial charge in [0.25, 0.3) is 10.0 Å². The lowest BCUT2D eigenvalue weighted by molar-refractivity contribution is -0.143. The molecule has 1 aromatic heterocycles. The van der Waals surface area contributed by atoms with E-state index in [0.29, 0.717) is 39.8 Å². The van der Waals surface area contributed by atoms with Crippen LogP contribution in [0.4, 0.5) is 0 Å². The third kappa shape index (κ3) is 6.48. The number of hydrogen-bond donors (Lipinski definition) is 2. The van der Waals surface area contributed by atoms with Gasteiger partial charge in [-0.1, -0.05) is 66.8 Å². The average Bonchev–Trinajstić information content (AvgIpc) is 3.29. The third-order valence-electron chi connectivity index (χ3n) is 6.79. The number of benzene rings is 3. The molecule has 0 aliphatic carbocycles. The van der Waals surface area contributed by atoms with Gasteiger partial charge < -0.3 is 19.2 Å². The number of likely N-dealkylation sites (N-methyl/N-ethyl adjacent to an activating group) is 1. The second-order valence-corrected chi connectivity index (χ2v) is 12.3. The van der Waals surface area contributed by atoms with Crippen LogP contribution >= 0.6 is 0 Å². The molecule has 0 spiro atoms. The molecule has 42 heavy (non-hydrogen) atoms. The van der Waals surface area contributed by atoms with Crippen LogP contribution in [0.1, 0.15) is 30.0 Å². The first-order valence-electron chi connectivity index (χ1n) is 13.4. The van der Waals surface area contributed by atoms with Crippen LogP contribution in [0.5, 0.6) is 5.75 Å². The molecule has 4 rings (SSSR count). The van der Waals surface area contributed by atoms with Gasteiger partial charge in [0.1, 0.15) is 24.0 Å². The Morgan fingerprint density at radius 2 is 1.60 bits per heavy atom. The molecule has 1 unspecified atom stereocenters. The summed E-state index contributed by atoms with van der Waals surface area (Å²) in [5.74, 6) is -2.63. The van der Waals surface area contributed by atoms with Crippen LogP contribution in [0.2, 0.25) is 0 Å². The molecule has 0 bridgehead atoms. The number of sulfonamides is 1. The number of hydrazine groups is 1. The molecule has 11 heteroatoms. The lowest BCUT2D eigenvalue weighted by atomic mass is 10.1. The van der Waals surface area contributed by atoms with Crippen molar-refractivity contribution in [2.24, 2.45) is 5.92 Å². The predicted octanol–water partition coefficient (Wildman–Crippen LogP) is 4.79. The highest BCUT2D eigenvalue weighted by atomic mass is 32.2. The first kappa shape index (κ1) is 30.8. The number of carbonyl (C=O) groups is 2. The van der Waals surface area contributed by atoms with E-state index in [-0.39, 0.29) is 10.7 Å². The Kier molecular flexibility index (Phi) is 9.35. The smallest absolute Gasteiger partial charge is 0.324 e. The van der Waals surface area contributed by atoms with Crippen LogP contribution in [-0.4, -0.2) is 68.0 Å². The van der Waals surface area contributed by atoms with Gasteiger partial charge in [0, 0.05) is 12.1 Å². The van der Waals surface area contributed by atoms with Crippen molar-refractivity contribution in [2.45, 2.75) is 31.7 Å². The highest BCUT2D eigenvalue weighted by Crippen LogP contribution is 2.34. The molecule has 222 valence electrons. The number of fused-ring (bicyclic) bond motifs is 1. The van der Waals surface area contributed by atoms with Gasteiger partial charge in [0.15, 0.2) is 5.76 Å². The number of carboxylic acid groups (broad SMARTS) is 1. The number of rotatable bonds is 12. The van der Waals surface area contributed by atoms with E-state index in [9.17, 15) is 23.1 Å². The van der Waals surface area contributed by atoms with E-state index in [1.807, 2.05) is 49.3 Å². The van der Waals surface area contributed by atoms with Crippen molar-refractivity contribution in [3.8, 4) is 16.9 Å². The minimum Gasteiger partial charge on any atom is -0.491 e. The van der Waals surface area contributed by atoms with Crippen molar-refractivity contribution in [1.29, 1.82) is 0 Å². The van der Waals surface area contributed by atoms with Crippen LogP contribution in [-0.2, 0) is 14.8 Å². The highest BCUT2D eigenvalue weighted by Gasteiger charge is 2.40. The molecule has 0 saturated carbocycles. The number of hydrogen-bond acceptors (Lipinski definition) is 7. The summed E-state index contributed by atoms with van der Waals surface area (Å²) in [7, 11) is -0.664. The summed E-state index contributed by atoms with van der Waals surface area (Å²) >= 11 is 0. The normalized spacial score (nSPS) is 12.7. The lowest BCUT2D eigenvalue weighted by Gasteiger charge is -2.30. The summed E-state index contributed by atoms with van der Waals surface area (Å²) in [6, 6.07) is 19.0. The number of carbonyl (C=O) groups excluding carboxylic acids is 1. The maximum absolute atomic E-state index is 13.9. The molecule has 3 aromatic carbocycles. The number of aliphatic carboxylic acids is 1. The number of carboxylic acids is 1. The van der Waals surface area contributed by atoms with Gasteiger partial charge in [-0.2, -0.15) is 0 Å². The van der Waals surface area contributed by atoms with E-state index >= 15 is 0 Å². The zero-order valence-corrected chi connectivity index (χ0v) is 25.0. The lowest BCUT2D eigenvalue weighted by Crippen LogP contribution is -2.56. The van der Waals surface area contributed by atoms with Crippen LogP contribution < -0.4 is 10.2 Å². The molecule has 2 N–H and O–H groups in total. The third-order valence-corrected chi connectivity index (χ3v) is 8.49. The Bertz CT molecular complexity index is 1660. The number of nitrogens with zero attached hydrogens (tertiary/aromatic N) is 2. The fraction of sp³-hybridized carbons (Fsp3) is 0.290. The van der Waals surface area contributed by atoms with Crippen LogP contribution in [0, 0.1) is 12.8 Å². The van der Waals surface area contributed by atoms with Crippen molar-refractivity contribution in [3.05, 3.63) is 84.1 Å². The van der Waals surface area contributed by atoms with Crippen molar-refractivity contribution in [1.82, 2.24) is 14.7 Å². The van der Waals surface area contributed by atoms with Crippen molar-refractivity contribution >= 4 is 32.9 Å². The zero-order chi connectivity index (χ0) is 30.6. The fourth-order valence-electron chi connectivity index (χ4n) is 4.59. The molecule has 0 aliphatic heterocycles. The molecular formula is C31H35N3O7S. The maximum Gasteiger partial charge on any atom is 0.324 e. The quantitative estimate of drug-likeness (QED) is 0.224. The van der Waals surface area contributed by atoms with Crippen molar-refractivity contribution < 1.29 is 32.3 Å². The Morgan fingerprint density at radius 3 is 2.19 bits per heavy atom. The predicted molar refractivity (Wildman–Crippen MR) is 160 cm³/mol. The van der Waals surface area contributed by atoms with Crippen LogP contribution in [0.25, 0.3) is 22.1 Å². The molecule has 1 atom stereocenters. The number of nitrogens with one attached hydrogen (secondary N) is 1. The highest BCUT2D eigenvalue weighted by molar-refractivity contribution is 7.89. The molecule has 1 amide bonds. The second kappa shape index (κ2) is 12.8. The van der Waals surface area contributed by atoms with Crippen molar-refractivity contribution in [2.75, 3.05) is 27.2 Å². The SMILES string of the molecule is Cc1c(C(=O)NN(C(C(=O)O)C(C)C)S(=O)(=O)c2ccc(-c3ccccc3)cc2)oc2cccc(OCCN(C)C)c12. The Labute approximate surface area is 245 Å². The second-order valence-electron chi connectivity index (χ2n) is 10.5. The average molecular weight is 594 g/mol. The molecule has 4 aromatic rings. The van der Waals surface area contributed by atoms with E-state index < -0.39 is 33.9 Å². The minimum atomic E-state index is -4.51. The Hall–Kier alpha value is -4.19. The molecule has 0 radical (unpaired) electrons. The molecule has 0 saturated heterocycles. The molecule has 10 nitrogen and oxygen atoms in total. The van der Waals surface area contributed by atoms with E-state index in [1.54, 1.807) is 51.1 Å². The van der Waals surface area contributed by atoms with E-state index in [1.165, 1.54) is 12.1 Å². The Balaban J connectivity index is 1.70. The van der Waals surface area contributed by atoms with Gasteiger partial charge in [-0.15, -0.1) is 0 Å². The minimum absolute atomic E-state index is 0.152. The fourth-order valence-corrected chi connectivity index (χ4v) is 6.13. The molecule has 0 fully saturated rings. The Morgan fingerprint density at radius 1 is 0.952 bits per heavy atom. The van der Waals surface area contributed by atoms with Gasteiger partial charge in [0.05, 0.1) is 10.3 Å². The van der Waals surface area contributed by atoms with Gasteiger partial charge in [-0.05, 0) is 62.3 Å². The van der Waals surface area contributed by atoms with E-state index in [4.69, 9.17) is 9.15 Å². The maximum atomic E-state index is 13.9. The summed E-state index contributed by atoms with van der Waals surface area (Å²) in [5.41, 5.74) is 4.83. The number of furan rings is 1. The monoisotopic (exact) mass is 593 g/mol. The molecular weight excluding hydrogens is 558 g/mol. The van der Waals surface area contributed by atoms with E-state index in [0.717, 1.165) is 11.1 Å². The van der Waals surface area contributed by atoms with Gasteiger partial charge in [-0.3, -0.25) is 15.0 Å². The summed E-state index contributed by atoms with van der Waals surface area (Å²) in [5, 5.41) is 10.6. The van der Waals surface area contributed by atoms with Gasteiger partial charge in [0.2, 0.25) is 0 Å². The number of ether oxygens (including phenoxy) is 1. The number of aryl methyl sites for hydroxylation is 1. The topological polar surface area (TPSA) is 129 Å². The van der Waals surface area contributed by atoms with Crippen LogP contribution in [0.3, 0.4) is 0 Å². The van der Waals surface area contributed by atoms with Crippen molar-refractivity contribution in [3.63, 3.8) is 0 Å². The summed E-state index contributed by atoms with van der Waals surface area (Å²) in [4.78, 5) is 27.7. The van der Waals surface area contributed by atoms with Crippen LogP contribution in [0.15, 0.2) is 82.1 Å². The van der Waals surface area contributed by atoms with Gasteiger partial charge >= 0.3 is 11.9 Å². The first-order chi connectivity index (χ1) is 19.9. The summed E-state index contributed by atoms with van der Waals surface area (Å²) < 4.78 is 40.0. The first-order valence-corrected chi connectivity index (χ1v) is 14.9. The zero-order valence-electron chi connectivity index (χ0n) is 24.2. The van der Waals surface area contributed by atoms with E-state index in [2.05, 4.69) is 5.43 Å². The number of amides is 1. The summed E-state index contributed by atoms with van der Waals surface area (Å²) in [6.07, 6.45) is 0.